The zero-order valence-electron chi connectivity index (χ0n) is 5.86. The van der Waals surface area contributed by atoms with Gasteiger partial charge in [0, 0.05) is 5.57 Å². The van der Waals surface area contributed by atoms with E-state index in [-0.39, 0.29) is 11.9 Å². The summed E-state index contributed by atoms with van der Waals surface area (Å²) in [5, 5.41) is 9.18. The molecule has 1 fully saturated rings. The molecular formula is C8H8O3. The molecule has 2 atom stereocenters. The first-order valence-corrected chi connectivity index (χ1v) is 3.55. The van der Waals surface area contributed by atoms with Gasteiger partial charge in [0.15, 0.2) is 0 Å². The Kier molecular flexibility index (Phi) is 1.32. The Hall–Kier alpha value is -1.09. The Bertz CT molecular complexity index is 252. The molecular weight excluding hydrogens is 144 g/mol. The number of hydrogen-bond acceptors (Lipinski definition) is 3. The van der Waals surface area contributed by atoms with Gasteiger partial charge >= 0.3 is 5.97 Å². The summed E-state index contributed by atoms with van der Waals surface area (Å²) in [6.45, 7) is 0. The molecule has 2 rings (SSSR count). The molecule has 1 N–H and O–H groups in total. The summed E-state index contributed by atoms with van der Waals surface area (Å²) in [6, 6.07) is 0. The average Bonchev–Trinajstić information content (AvgIpc) is 2.30. The zero-order valence-corrected chi connectivity index (χ0v) is 5.86. The molecule has 11 heavy (non-hydrogen) atoms. The minimum absolute atomic E-state index is 0.132. The monoisotopic (exact) mass is 152 g/mol. The fourth-order valence-electron chi connectivity index (χ4n) is 1.40. The van der Waals surface area contributed by atoms with Crippen LogP contribution < -0.4 is 0 Å². The van der Waals surface area contributed by atoms with Gasteiger partial charge in [-0.3, -0.25) is 0 Å². The minimum Gasteiger partial charge on any atom is -0.432 e. The fourth-order valence-corrected chi connectivity index (χ4v) is 1.40. The van der Waals surface area contributed by atoms with Gasteiger partial charge in [0.05, 0.1) is 5.92 Å². The molecule has 2 unspecified atom stereocenters. The van der Waals surface area contributed by atoms with E-state index < -0.39 is 6.29 Å². The molecule has 0 saturated carbocycles. The first-order valence-electron chi connectivity index (χ1n) is 3.55. The van der Waals surface area contributed by atoms with Crippen LogP contribution in [-0.2, 0) is 9.53 Å². The van der Waals surface area contributed by atoms with Crippen molar-refractivity contribution in [1.29, 1.82) is 0 Å². The predicted octanol–water partition coefficient (Wildman–Crippen LogP) is 0.364. The first-order chi connectivity index (χ1) is 5.29. The summed E-state index contributed by atoms with van der Waals surface area (Å²) >= 11 is 0. The maximum atomic E-state index is 10.9. The summed E-state index contributed by atoms with van der Waals surface area (Å²) in [6.07, 6.45) is 5.19. The van der Waals surface area contributed by atoms with Crippen LogP contribution in [0.5, 0.6) is 0 Å². The lowest BCUT2D eigenvalue weighted by Crippen LogP contribution is -2.15. The number of aliphatic hydroxyl groups is 1. The van der Waals surface area contributed by atoms with Crippen molar-refractivity contribution in [3.05, 3.63) is 23.8 Å². The molecule has 3 nitrogen and oxygen atoms in total. The second kappa shape index (κ2) is 2.20. The van der Waals surface area contributed by atoms with Crippen molar-refractivity contribution in [2.24, 2.45) is 5.92 Å². The highest BCUT2D eigenvalue weighted by Gasteiger charge is 2.38. The molecule has 0 radical (unpaired) electrons. The van der Waals surface area contributed by atoms with Gasteiger partial charge in [0.25, 0.3) is 0 Å². The van der Waals surface area contributed by atoms with Crippen LogP contribution >= 0.6 is 0 Å². The van der Waals surface area contributed by atoms with E-state index in [1.807, 2.05) is 12.2 Å². The summed E-state index contributed by atoms with van der Waals surface area (Å²) < 4.78 is 4.62. The number of hydrogen-bond donors (Lipinski definition) is 1. The quantitative estimate of drug-likeness (QED) is 0.510. The standard InChI is InChI=1S/C8H8O3/c9-7-5-3-1-2-4-6(5)8(10)11-7/h1-3,6,8,10H,4H2. The molecule has 2 aliphatic rings. The number of carbonyl (C=O) groups is 1. The van der Waals surface area contributed by atoms with Gasteiger partial charge in [0.1, 0.15) is 0 Å². The van der Waals surface area contributed by atoms with Crippen molar-refractivity contribution >= 4 is 5.97 Å². The molecule has 0 spiro atoms. The highest BCUT2D eigenvalue weighted by atomic mass is 16.6. The molecule has 0 aromatic carbocycles. The van der Waals surface area contributed by atoms with E-state index in [9.17, 15) is 9.90 Å². The summed E-state index contributed by atoms with van der Waals surface area (Å²) in [5.41, 5.74) is 0.597. The Labute approximate surface area is 64.0 Å². The Morgan fingerprint density at radius 1 is 1.64 bits per heavy atom. The fraction of sp³-hybridized carbons (Fsp3) is 0.375. The van der Waals surface area contributed by atoms with Crippen LogP contribution in [0.1, 0.15) is 6.42 Å². The van der Waals surface area contributed by atoms with Crippen molar-refractivity contribution in [3.63, 3.8) is 0 Å². The summed E-state index contributed by atoms with van der Waals surface area (Å²) in [5.74, 6) is -0.514. The van der Waals surface area contributed by atoms with Crippen LogP contribution in [-0.4, -0.2) is 17.4 Å². The molecule has 1 aliphatic heterocycles. The van der Waals surface area contributed by atoms with Gasteiger partial charge in [-0.25, -0.2) is 4.79 Å². The van der Waals surface area contributed by atoms with Gasteiger partial charge in [-0.15, -0.1) is 0 Å². The van der Waals surface area contributed by atoms with Crippen molar-refractivity contribution in [2.75, 3.05) is 0 Å². The molecule has 1 saturated heterocycles. The maximum absolute atomic E-state index is 10.9. The molecule has 1 heterocycles. The van der Waals surface area contributed by atoms with E-state index in [0.29, 0.717) is 12.0 Å². The van der Waals surface area contributed by atoms with Crippen LogP contribution in [0.3, 0.4) is 0 Å². The topological polar surface area (TPSA) is 46.5 Å². The molecule has 3 heteroatoms. The van der Waals surface area contributed by atoms with Crippen LogP contribution in [0.4, 0.5) is 0 Å². The largest absolute Gasteiger partial charge is 0.432 e. The average molecular weight is 152 g/mol. The van der Waals surface area contributed by atoms with Crippen LogP contribution in [0.25, 0.3) is 0 Å². The van der Waals surface area contributed by atoms with Gasteiger partial charge in [0.2, 0.25) is 6.29 Å². The SMILES string of the molecule is O=C1OC(O)C2CC=CC=C12. The maximum Gasteiger partial charge on any atom is 0.336 e. The normalized spacial score (nSPS) is 34.6. The lowest BCUT2D eigenvalue weighted by atomic mass is 9.93. The number of aliphatic hydroxyl groups excluding tert-OH is 1. The third-order valence-electron chi connectivity index (χ3n) is 2.01. The summed E-state index contributed by atoms with van der Waals surface area (Å²) in [4.78, 5) is 10.9. The van der Waals surface area contributed by atoms with E-state index in [4.69, 9.17) is 0 Å². The summed E-state index contributed by atoms with van der Waals surface area (Å²) in [7, 11) is 0. The van der Waals surface area contributed by atoms with Gasteiger partial charge < -0.3 is 9.84 Å². The lowest BCUT2D eigenvalue weighted by molar-refractivity contribution is -0.154. The van der Waals surface area contributed by atoms with Crippen molar-refractivity contribution in [3.8, 4) is 0 Å². The number of carbonyl (C=O) groups excluding carboxylic acids is 1. The predicted molar refractivity (Wildman–Crippen MR) is 37.4 cm³/mol. The van der Waals surface area contributed by atoms with Crippen molar-refractivity contribution in [2.45, 2.75) is 12.7 Å². The smallest absolute Gasteiger partial charge is 0.336 e. The number of allylic oxidation sites excluding steroid dienone is 3. The molecule has 58 valence electrons. The van der Waals surface area contributed by atoms with Crippen LogP contribution in [0.15, 0.2) is 23.8 Å². The highest BCUT2D eigenvalue weighted by Crippen LogP contribution is 2.31. The molecule has 0 aromatic heterocycles. The second-order valence-corrected chi connectivity index (χ2v) is 2.69. The Morgan fingerprint density at radius 3 is 3.18 bits per heavy atom. The van der Waals surface area contributed by atoms with E-state index in [2.05, 4.69) is 4.74 Å². The van der Waals surface area contributed by atoms with Crippen LogP contribution in [0, 0.1) is 5.92 Å². The number of ether oxygens (including phenoxy) is 1. The number of esters is 1. The van der Waals surface area contributed by atoms with E-state index in [1.54, 1.807) is 6.08 Å². The van der Waals surface area contributed by atoms with E-state index >= 15 is 0 Å². The third-order valence-corrected chi connectivity index (χ3v) is 2.01. The molecule has 0 aromatic rings. The van der Waals surface area contributed by atoms with E-state index in [1.165, 1.54) is 0 Å². The van der Waals surface area contributed by atoms with Gasteiger partial charge in [-0.2, -0.15) is 0 Å². The number of rotatable bonds is 0. The Morgan fingerprint density at radius 2 is 2.45 bits per heavy atom. The zero-order chi connectivity index (χ0) is 7.84. The highest BCUT2D eigenvalue weighted by molar-refractivity contribution is 5.92. The number of cyclic esters (lactones) is 1. The van der Waals surface area contributed by atoms with Crippen LogP contribution in [0.2, 0.25) is 0 Å². The minimum atomic E-state index is -0.932. The number of fused-ring (bicyclic) bond motifs is 1. The first kappa shape index (κ1) is 6.61. The second-order valence-electron chi connectivity index (χ2n) is 2.69. The van der Waals surface area contributed by atoms with Gasteiger partial charge in [-0.1, -0.05) is 18.2 Å². The van der Waals surface area contributed by atoms with E-state index in [0.717, 1.165) is 0 Å². The molecule has 0 amide bonds. The Balaban J connectivity index is 2.34. The molecule has 0 bridgehead atoms. The molecule has 1 aliphatic carbocycles. The third kappa shape index (κ3) is 0.886. The van der Waals surface area contributed by atoms with Crippen molar-refractivity contribution in [1.82, 2.24) is 0 Å². The lowest BCUT2D eigenvalue weighted by Gasteiger charge is -2.11. The van der Waals surface area contributed by atoms with Gasteiger partial charge in [-0.05, 0) is 6.42 Å². The van der Waals surface area contributed by atoms with Crippen molar-refractivity contribution < 1.29 is 14.6 Å².